The Kier molecular flexibility index (Phi) is 8.16. The maximum atomic E-state index is 12.8. The van der Waals surface area contributed by atoms with E-state index in [2.05, 4.69) is 30.9 Å². The molecular formula is C28H41ClN2O4. The van der Waals surface area contributed by atoms with Crippen LogP contribution in [-0.2, 0) is 14.2 Å². The molecule has 35 heavy (non-hydrogen) atoms. The molecule has 1 aliphatic carbocycles. The van der Waals surface area contributed by atoms with Crippen LogP contribution in [0, 0.1) is 5.41 Å². The van der Waals surface area contributed by atoms with Crippen LogP contribution < -0.4 is 0 Å². The number of hydrogen-bond donors (Lipinski definition) is 0. The number of benzene rings is 1. The monoisotopic (exact) mass is 504 g/mol. The summed E-state index contributed by atoms with van der Waals surface area (Å²) in [4.78, 5) is 17.1. The number of rotatable bonds is 1. The normalized spacial score (nSPS) is 26.4. The minimum Gasteiger partial charge on any atom is -0.444 e. The van der Waals surface area contributed by atoms with Gasteiger partial charge < -0.3 is 19.1 Å². The third kappa shape index (κ3) is 7.00. The Morgan fingerprint density at radius 2 is 1.89 bits per heavy atom. The van der Waals surface area contributed by atoms with Gasteiger partial charge in [-0.15, -0.1) is 0 Å². The highest BCUT2D eigenvalue weighted by Gasteiger charge is 2.39. The molecule has 0 spiro atoms. The number of piperazine rings is 1. The molecule has 2 saturated heterocycles. The summed E-state index contributed by atoms with van der Waals surface area (Å²) in [5.74, 6) is 0. The minimum atomic E-state index is -0.503. The highest BCUT2D eigenvalue weighted by molar-refractivity contribution is 6.30. The smallest absolute Gasteiger partial charge is 0.410 e. The first-order valence-corrected chi connectivity index (χ1v) is 13.3. The van der Waals surface area contributed by atoms with Crippen LogP contribution in [-0.4, -0.2) is 79.6 Å². The van der Waals surface area contributed by atoms with Gasteiger partial charge in [0.05, 0.1) is 18.8 Å². The van der Waals surface area contributed by atoms with Crippen molar-refractivity contribution in [1.82, 2.24) is 9.80 Å². The fourth-order valence-corrected chi connectivity index (χ4v) is 5.48. The van der Waals surface area contributed by atoms with E-state index in [1.54, 1.807) is 0 Å². The predicted octanol–water partition coefficient (Wildman–Crippen LogP) is 5.64. The van der Waals surface area contributed by atoms with E-state index < -0.39 is 5.60 Å². The molecule has 1 aromatic rings. The van der Waals surface area contributed by atoms with Crippen molar-refractivity contribution in [1.29, 1.82) is 0 Å². The van der Waals surface area contributed by atoms with Gasteiger partial charge in [-0.1, -0.05) is 37.6 Å². The fraction of sp³-hybridized carbons (Fsp3) is 0.679. The van der Waals surface area contributed by atoms with E-state index in [4.69, 9.17) is 25.8 Å². The first-order chi connectivity index (χ1) is 16.5. The van der Waals surface area contributed by atoms with Gasteiger partial charge in [-0.25, -0.2) is 4.79 Å². The van der Waals surface area contributed by atoms with Crippen molar-refractivity contribution in [3.63, 3.8) is 0 Å². The molecule has 1 amide bonds. The number of carbonyl (C=O) groups is 1. The molecule has 2 unspecified atom stereocenters. The van der Waals surface area contributed by atoms with Gasteiger partial charge in [-0.05, 0) is 74.3 Å². The van der Waals surface area contributed by atoms with Crippen molar-refractivity contribution in [2.24, 2.45) is 5.41 Å². The molecule has 7 heteroatoms. The van der Waals surface area contributed by atoms with Crippen molar-refractivity contribution in [3.05, 3.63) is 40.4 Å². The quantitative estimate of drug-likeness (QED) is 0.495. The lowest BCUT2D eigenvalue weighted by Crippen LogP contribution is -2.57. The average Bonchev–Trinajstić information content (AvgIpc) is 2.80. The molecule has 2 fully saturated rings. The first-order valence-electron chi connectivity index (χ1n) is 12.9. The molecule has 0 radical (unpaired) electrons. The number of fused-ring (bicyclic) bond motifs is 2. The van der Waals surface area contributed by atoms with E-state index in [1.165, 1.54) is 16.7 Å². The van der Waals surface area contributed by atoms with E-state index in [0.717, 1.165) is 37.4 Å². The number of halogens is 1. The number of carbonyl (C=O) groups excluding carboxylic acids is 1. The molecule has 3 aliphatic rings. The van der Waals surface area contributed by atoms with Gasteiger partial charge in [-0.2, -0.15) is 0 Å². The Morgan fingerprint density at radius 3 is 2.60 bits per heavy atom. The standard InChI is InChI=1S/C28H41ClN2O4/c1-27(2,3)35-26(32)31-12-11-30-18-24-23(20-7-9-21(29)10-8-20)15-28(4,5)16-25(24)34-14-6-13-33-19-22(30)17-31/h7-10,22,25H,6,11-19H2,1-5H3. The zero-order valence-corrected chi connectivity index (χ0v) is 22.7. The summed E-state index contributed by atoms with van der Waals surface area (Å²) in [5.41, 5.74) is 3.60. The van der Waals surface area contributed by atoms with Gasteiger partial charge in [-0.3, -0.25) is 4.90 Å². The molecule has 0 N–H and O–H groups in total. The largest absolute Gasteiger partial charge is 0.444 e. The lowest BCUT2D eigenvalue weighted by molar-refractivity contribution is -0.0122. The third-order valence-electron chi connectivity index (χ3n) is 7.05. The van der Waals surface area contributed by atoms with Crippen LogP contribution in [0.4, 0.5) is 4.79 Å². The van der Waals surface area contributed by atoms with Gasteiger partial charge >= 0.3 is 6.09 Å². The highest BCUT2D eigenvalue weighted by atomic mass is 35.5. The Labute approximate surface area is 215 Å². The second kappa shape index (κ2) is 10.8. The van der Waals surface area contributed by atoms with Crippen molar-refractivity contribution in [3.8, 4) is 0 Å². The molecule has 4 rings (SSSR count). The zero-order valence-electron chi connectivity index (χ0n) is 21.9. The molecule has 2 atom stereocenters. The summed E-state index contributed by atoms with van der Waals surface area (Å²) in [6, 6.07) is 8.33. The Hall–Kier alpha value is -1.60. The minimum absolute atomic E-state index is 0.0760. The number of amides is 1. The van der Waals surface area contributed by atoms with Crippen molar-refractivity contribution in [2.75, 3.05) is 46.0 Å². The van der Waals surface area contributed by atoms with Crippen LogP contribution in [0.1, 0.15) is 59.4 Å². The number of hydrogen-bond acceptors (Lipinski definition) is 5. The molecule has 194 valence electrons. The van der Waals surface area contributed by atoms with Gasteiger partial charge in [0.25, 0.3) is 0 Å². The topological polar surface area (TPSA) is 51.2 Å². The molecule has 0 aromatic heterocycles. The van der Waals surface area contributed by atoms with E-state index in [9.17, 15) is 4.79 Å². The number of ether oxygens (including phenoxy) is 3. The van der Waals surface area contributed by atoms with Crippen LogP contribution in [0.25, 0.3) is 5.57 Å². The van der Waals surface area contributed by atoms with Crippen LogP contribution in [0.15, 0.2) is 29.8 Å². The molecule has 2 aliphatic heterocycles. The van der Waals surface area contributed by atoms with Gasteiger partial charge in [0.1, 0.15) is 5.60 Å². The van der Waals surface area contributed by atoms with Gasteiger partial charge in [0, 0.05) is 44.4 Å². The summed E-state index contributed by atoms with van der Waals surface area (Å²) in [6.45, 7) is 15.2. The second-order valence-corrected chi connectivity index (χ2v) is 12.3. The fourth-order valence-electron chi connectivity index (χ4n) is 5.36. The predicted molar refractivity (Wildman–Crippen MR) is 140 cm³/mol. The SMILES string of the molecule is CC1(C)CC(c2ccc(Cl)cc2)=C2CN3CCN(C(=O)OC(C)(C)C)CC3COCCCOC2C1. The Morgan fingerprint density at radius 1 is 1.14 bits per heavy atom. The van der Waals surface area contributed by atoms with Crippen LogP contribution in [0.2, 0.25) is 5.02 Å². The summed E-state index contributed by atoms with van der Waals surface area (Å²) in [7, 11) is 0. The first kappa shape index (κ1) is 26.5. The zero-order chi connectivity index (χ0) is 25.2. The molecule has 2 heterocycles. The second-order valence-electron chi connectivity index (χ2n) is 11.9. The summed E-state index contributed by atoms with van der Waals surface area (Å²) < 4.78 is 18.2. The Balaban J connectivity index is 1.64. The van der Waals surface area contributed by atoms with E-state index in [0.29, 0.717) is 32.9 Å². The van der Waals surface area contributed by atoms with Crippen LogP contribution >= 0.6 is 11.6 Å². The lowest BCUT2D eigenvalue weighted by atomic mass is 9.71. The van der Waals surface area contributed by atoms with E-state index in [-0.39, 0.29) is 23.7 Å². The molecule has 0 bridgehead atoms. The molecular weight excluding hydrogens is 464 g/mol. The highest BCUT2D eigenvalue weighted by Crippen LogP contribution is 2.45. The third-order valence-corrected chi connectivity index (χ3v) is 7.31. The number of allylic oxidation sites excluding steroid dienone is 1. The maximum absolute atomic E-state index is 12.8. The number of nitrogens with zero attached hydrogens (tertiary/aromatic N) is 2. The Bertz CT molecular complexity index is 922. The van der Waals surface area contributed by atoms with Crippen LogP contribution in [0.5, 0.6) is 0 Å². The lowest BCUT2D eigenvalue weighted by Gasteiger charge is -2.44. The van der Waals surface area contributed by atoms with Crippen molar-refractivity contribution >= 4 is 23.3 Å². The van der Waals surface area contributed by atoms with Crippen molar-refractivity contribution in [2.45, 2.75) is 71.6 Å². The van der Waals surface area contributed by atoms with Gasteiger partial charge in [0.15, 0.2) is 0 Å². The van der Waals surface area contributed by atoms with E-state index >= 15 is 0 Å². The van der Waals surface area contributed by atoms with E-state index in [1.807, 2.05) is 37.8 Å². The summed E-state index contributed by atoms with van der Waals surface area (Å²) in [6.07, 6.45) is 2.70. The maximum Gasteiger partial charge on any atom is 0.410 e. The van der Waals surface area contributed by atoms with Crippen molar-refractivity contribution < 1.29 is 19.0 Å². The van der Waals surface area contributed by atoms with Crippen LogP contribution in [0.3, 0.4) is 0 Å². The molecule has 0 saturated carbocycles. The summed E-state index contributed by atoms with van der Waals surface area (Å²) in [5, 5.41) is 0.750. The average molecular weight is 505 g/mol. The summed E-state index contributed by atoms with van der Waals surface area (Å²) >= 11 is 6.21. The molecule has 6 nitrogen and oxygen atoms in total. The van der Waals surface area contributed by atoms with Gasteiger partial charge in [0.2, 0.25) is 0 Å². The molecule has 1 aromatic carbocycles.